The summed E-state index contributed by atoms with van der Waals surface area (Å²) in [6.07, 6.45) is 1.80. The maximum Gasteiger partial charge on any atom is 0.338 e. The van der Waals surface area contributed by atoms with Crippen molar-refractivity contribution in [1.29, 1.82) is 0 Å². The van der Waals surface area contributed by atoms with Crippen LogP contribution in [0.4, 0.5) is 11.4 Å². The van der Waals surface area contributed by atoms with E-state index >= 15 is 0 Å². The molecule has 0 unspecified atom stereocenters. The molecule has 2 aromatic carbocycles. The minimum absolute atomic E-state index is 0.0533. The number of benzene rings is 2. The molecule has 2 aliphatic rings. The summed E-state index contributed by atoms with van der Waals surface area (Å²) < 4.78 is 10.3. The molecule has 0 radical (unpaired) electrons. The first-order chi connectivity index (χ1) is 14.5. The lowest BCUT2D eigenvalue weighted by Crippen LogP contribution is -2.43. The van der Waals surface area contributed by atoms with E-state index in [1.165, 1.54) is 0 Å². The Hall–Kier alpha value is -3.55. The van der Waals surface area contributed by atoms with Crippen LogP contribution in [0.1, 0.15) is 28.8 Å². The maximum atomic E-state index is 12.4. The highest BCUT2D eigenvalue weighted by molar-refractivity contribution is 6.05. The van der Waals surface area contributed by atoms with E-state index in [1.54, 1.807) is 19.2 Å². The van der Waals surface area contributed by atoms with E-state index in [9.17, 15) is 14.4 Å². The Bertz CT molecular complexity index is 990. The Balaban J connectivity index is 1.32. The average molecular weight is 409 g/mol. The molecule has 30 heavy (non-hydrogen) atoms. The van der Waals surface area contributed by atoms with Crippen molar-refractivity contribution in [1.82, 2.24) is 5.32 Å². The number of hydrogen-bond acceptors (Lipinski definition) is 6. The van der Waals surface area contributed by atoms with Gasteiger partial charge < -0.3 is 25.0 Å². The van der Waals surface area contributed by atoms with Crippen LogP contribution in [0.5, 0.6) is 5.75 Å². The fourth-order valence-corrected chi connectivity index (χ4v) is 3.81. The number of anilines is 2. The second-order valence-electron chi connectivity index (χ2n) is 7.28. The zero-order valence-corrected chi connectivity index (χ0v) is 16.6. The largest absolute Gasteiger partial charge is 0.497 e. The molecule has 1 atom stereocenters. The fraction of sp³-hybridized carbons (Fsp3) is 0.318. The number of amides is 2. The number of nitrogens with one attached hydrogen (secondary N) is 2. The van der Waals surface area contributed by atoms with Crippen LogP contribution < -0.4 is 20.3 Å². The second kappa shape index (κ2) is 8.44. The molecule has 0 saturated carbocycles. The van der Waals surface area contributed by atoms with Crippen LogP contribution in [0.25, 0.3) is 0 Å². The van der Waals surface area contributed by atoms with Crippen molar-refractivity contribution in [2.45, 2.75) is 25.4 Å². The van der Waals surface area contributed by atoms with Crippen molar-refractivity contribution in [3.63, 3.8) is 0 Å². The van der Waals surface area contributed by atoms with Gasteiger partial charge in [-0.15, -0.1) is 0 Å². The molecule has 8 heteroatoms. The monoisotopic (exact) mass is 409 g/mol. The Kier molecular flexibility index (Phi) is 5.56. The van der Waals surface area contributed by atoms with Crippen molar-refractivity contribution in [2.75, 3.05) is 30.5 Å². The van der Waals surface area contributed by atoms with Gasteiger partial charge in [-0.3, -0.25) is 9.59 Å². The summed E-state index contributed by atoms with van der Waals surface area (Å²) in [6, 6.07) is 12.3. The summed E-state index contributed by atoms with van der Waals surface area (Å²) in [5, 5.41) is 5.56. The van der Waals surface area contributed by atoms with E-state index in [0.717, 1.165) is 30.6 Å². The van der Waals surface area contributed by atoms with E-state index in [4.69, 9.17) is 9.47 Å². The number of fused-ring (bicyclic) bond motifs is 3. The van der Waals surface area contributed by atoms with Gasteiger partial charge in [-0.2, -0.15) is 0 Å². The summed E-state index contributed by atoms with van der Waals surface area (Å²) in [6.45, 7) is 0.734. The van der Waals surface area contributed by atoms with Gasteiger partial charge in [0.05, 0.1) is 24.0 Å². The van der Waals surface area contributed by atoms with E-state index in [2.05, 4.69) is 15.5 Å². The van der Waals surface area contributed by atoms with Gasteiger partial charge in [-0.05, 0) is 48.7 Å². The quantitative estimate of drug-likeness (QED) is 0.709. The summed E-state index contributed by atoms with van der Waals surface area (Å²) in [4.78, 5) is 38.7. The summed E-state index contributed by atoms with van der Waals surface area (Å²) in [5.41, 5.74) is 2.66. The van der Waals surface area contributed by atoms with Crippen LogP contribution in [0, 0.1) is 0 Å². The number of esters is 1. The molecular weight excluding hydrogens is 386 g/mol. The van der Waals surface area contributed by atoms with E-state index in [1.807, 2.05) is 30.3 Å². The van der Waals surface area contributed by atoms with E-state index in [0.29, 0.717) is 18.0 Å². The second-order valence-corrected chi connectivity index (χ2v) is 7.28. The van der Waals surface area contributed by atoms with Gasteiger partial charge in [0.1, 0.15) is 11.8 Å². The van der Waals surface area contributed by atoms with Gasteiger partial charge in [0.2, 0.25) is 5.91 Å². The van der Waals surface area contributed by atoms with Gasteiger partial charge in [-0.1, -0.05) is 12.1 Å². The molecule has 2 heterocycles. The summed E-state index contributed by atoms with van der Waals surface area (Å²) in [7, 11) is 1.58. The van der Waals surface area contributed by atoms with E-state index < -0.39 is 11.9 Å². The van der Waals surface area contributed by atoms with Gasteiger partial charge in [0.15, 0.2) is 6.61 Å². The number of ether oxygens (including phenoxy) is 2. The molecule has 8 nitrogen and oxygen atoms in total. The minimum atomic E-state index is -0.618. The molecule has 2 aromatic rings. The molecule has 0 aliphatic carbocycles. The summed E-state index contributed by atoms with van der Waals surface area (Å²) in [5.74, 6) is -0.375. The Morgan fingerprint density at radius 3 is 2.93 bits per heavy atom. The first-order valence-electron chi connectivity index (χ1n) is 9.83. The Labute approximate surface area is 174 Å². The lowest BCUT2D eigenvalue weighted by molar-refractivity contribution is -0.124. The predicted molar refractivity (Wildman–Crippen MR) is 111 cm³/mol. The van der Waals surface area contributed by atoms with Crippen LogP contribution in [0.3, 0.4) is 0 Å². The fourth-order valence-electron chi connectivity index (χ4n) is 3.81. The number of nitrogens with zero attached hydrogens (tertiary/aromatic N) is 1. The highest BCUT2D eigenvalue weighted by atomic mass is 16.5. The van der Waals surface area contributed by atoms with Crippen LogP contribution in [-0.4, -0.2) is 44.1 Å². The number of carbonyl (C=O) groups is 3. The number of hydrogen-bond donors (Lipinski definition) is 2. The first kappa shape index (κ1) is 19.8. The van der Waals surface area contributed by atoms with Crippen molar-refractivity contribution in [2.24, 2.45) is 0 Å². The smallest absolute Gasteiger partial charge is 0.338 e. The van der Waals surface area contributed by atoms with Crippen molar-refractivity contribution >= 4 is 29.2 Å². The molecule has 2 amide bonds. The van der Waals surface area contributed by atoms with Gasteiger partial charge >= 0.3 is 5.97 Å². The minimum Gasteiger partial charge on any atom is -0.497 e. The lowest BCUT2D eigenvalue weighted by Gasteiger charge is -2.33. The van der Waals surface area contributed by atoms with Crippen LogP contribution in [-0.2, 0) is 20.9 Å². The first-order valence-corrected chi connectivity index (χ1v) is 9.83. The highest BCUT2D eigenvalue weighted by Gasteiger charge is 2.36. The SMILES string of the molecule is COc1cccc(CNC(=O)COC(=O)c2ccc3c(c2)NC(=O)[C@H]2CCCN32)c1. The standard InChI is InChI=1S/C22H23N3O5/c1-29-16-5-2-4-14(10-16)12-23-20(26)13-30-22(28)15-7-8-18-17(11-15)24-21(27)19-6-3-9-25(18)19/h2,4-5,7-8,10-11,19H,3,6,9,12-13H2,1H3,(H,23,26)(H,24,27)/t19-/m1/s1. The topological polar surface area (TPSA) is 97.0 Å². The molecule has 1 fully saturated rings. The van der Waals surface area contributed by atoms with Gasteiger partial charge in [0, 0.05) is 13.1 Å². The molecule has 0 aromatic heterocycles. The number of carbonyl (C=O) groups excluding carboxylic acids is 3. The molecule has 1 saturated heterocycles. The van der Waals surface area contributed by atoms with Gasteiger partial charge in [0.25, 0.3) is 5.91 Å². The molecule has 2 N–H and O–H groups in total. The Morgan fingerprint density at radius 1 is 1.23 bits per heavy atom. The Morgan fingerprint density at radius 2 is 2.10 bits per heavy atom. The zero-order valence-electron chi connectivity index (χ0n) is 16.6. The van der Waals surface area contributed by atoms with Crippen molar-refractivity contribution < 1.29 is 23.9 Å². The highest BCUT2D eigenvalue weighted by Crippen LogP contribution is 2.37. The van der Waals surface area contributed by atoms with Crippen molar-refractivity contribution in [3.05, 3.63) is 53.6 Å². The molecule has 0 bridgehead atoms. The number of methoxy groups -OCH3 is 1. The van der Waals surface area contributed by atoms with Crippen molar-refractivity contribution in [3.8, 4) is 5.75 Å². The van der Waals surface area contributed by atoms with Crippen LogP contribution in [0.15, 0.2) is 42.5 Å². The predicted octanol–water partition coefficient (Wildman–Crippen LogP) is 2.09. The third kappa shape index (κ3) is 4.07. The lowest BCUT2D eigenvalue weighted by atomic mass is 10.1. The maximum absolute atomic E-state index is 12.4. The molecule has 0 spiro atoms. The van der Waals surface area contributed by atoms with Crippen LogP contribution in [0.2, 0.25) is 0 Å². The zero-order chi connectivity index (χ0) is 21.1. The molecular formula is C22H23N3O5. The number of rotatable bonds is 6. The van der Waals surface area contributed by atoms with E-state index in [-0.39, 0.29) is 24.1 Å². The molecule has 156 valence electrons. The molecule has 4 rings (SSSR count). The normalized spacial score (nSPS) is 16.9. The van der Waals surface area contributed by atoms with Gasteiger partial charge in [-0.25, -0.2) is 4.79 Å². The molecule has 2 aliphatic heterocycles. The summed E-state index contributed by atoms with van der Waals surface area (Å²) >= 11 is 0. The average Bonchev–Trinajstić information content (AvgIpc) is 3.27. The third-order valence-electron chi connectivity index (χ3n) is 5.31. The van der Waals surface area contributed by atoms with Crippen LogP contribution >= 0.6 is 0 Å². The third-order valence-corrected chi connectivity index (χ3v) is 5.31.